The first-order chi connectivity index (χ1) is 18.6. The summed E-state index contributed by atoms with van der Waals surface area (Å²) in [5.74, 6) is -2.66. The van der Waals surface area contributed by atoms with Crippen molar-refractivity contribution in [3.8, 4) is 11.1 Å². The van der Waals surface area contributed by atoms with Crippen molar-refractivity contribution in [2.45, 2.75) is 37.5 Å². The molecule has 1 fully saturated rings. The van der Waals surface area contributed by atoms with E-state index in [1.807, 2.05) is 29.2 Å². The van der Waals surface area contributed by atoms with Gasteiger partial charge in [0.25, 0.3) is 0 Å². The van der Waals surface area contributed by atoms with Crippen LogP contribution >= 0.6 is 0 Å². The molecule has 1 N–H and O–H groups in total. The summed E-state index contributed by atoms with van der Waals surface area (Å²) < 4.78 is 42.9. The Kier molecular flexibility index (Phi) is 8.66. The average Bonchev–Trinajstić information content (AvgIpc) is 3.23. The standard InChI is InChI=1S/C27H28N2O3.C2HF3O2/c1-31-18-21-6-2-3-8-23(21)20-9-10-25-24(16-20)27(11-14-32-15-12-27)19-29(25)26(30)17-22-7-4-5-13-28-22;3-2(4,5)1(6)7/h2-10,13,16H,11-12,14-15,17-19H2,1H3;(H,6,7). The van der Waals surface area contributed by atoms with Gasteiger partial charge in [0.15, 0.2) is 0 Å². The normalized spacial score (nSPS) is 15.8. The molecule has 5 rings (SSSR count). The Morgan fingerprint density at radius 1 is 1.08 bits per heavy atom. The molecule has 7 nitrogen and oxygen atoms in total. The van der Waals surface area contributed by atoms with Crippen LogP contribution in [0.1, 0.15) is 29.7 Å². The molecule has 0 bridgehead atoms. The molecular formula is C29H29F3N2O5. The molecule has 1 amide bonds. The predicted molar refractivity (Wildman–Crippen MR) is 138 cm³/mol. The summed E-state index contributed by atoms with van der Waals surface area (Å²) >= 11 is 0. The Morgan fingerprint density at radius 2 is 1.77 bits per heavy atom. The molecule has 1 saturated heterocycles. The van der Waals surface area contributed by atoms with Gasteiger partial charge in [-0.1, -0.05) is 36.4 Å². The molecule has 1 aromatic heterocycles. The number of nitrogens with zero attached hydrogens (tertiary/aromatic N) is 2. The van der Waals surface area contributed by atoms with E-state index in [4.69, 9.17) is 19.4 Å². The minimum absolute atomic E-state index is 0.0560. The summed E-state index contributed by atoms with van der Waals surface area (Å²) in [6.45, 7) is 2.74. The van der Waals surface area contributed by atoms with Gasteiger partial charge >= 0.3 is 12.1 Å². The maximum atomic E-state index is 13.3. The number of aliphatic carboxylic acids is 1. The molecule has 0 aliphatic carbocycles. The molecule has 3 heterocycles. The maximum absolute atomic E-state index is 13.3. The molecule has 3 aromatic rings. The van der Waals surface area contributed by atoms with Gasteiger partial charge in [-0.3, -0.25) is 9.78 Å². The predicted octanol–water partition coefficient (Wildman–Crippen LogP) is 5.17. The molecule has 0 radical (unpaired) electrons. The number of methoxy groups -OCH3 is 1. The van der Waals surface area contributed by atoms with Gasteiger partial charge in [-0.25, -0.2) is 4.79 Å². The Morgan fingerprint density at radius 3 is 2.41 bits per heavy atom. The van der Waals surface area contributed by atoms with E-state index in [9.17, 15) is 18.0 Å². The van der Waals surface area contributed by atoms with Crippen LogP contribution in [0.2, 0.25) is 0 Å². The molecule has 1 spiro atoms. The van der Waals surface area contributed by atoms with E-state index in [2.05, 4.69) is 41.4 Å². The molecule has 10 heteroatoms. The zero-order valence-electron chi connectivity index (χ0n) is 21.4. The molecule has 39 heavy (non-hydrogen) atoms. The van der Waals surface area contributed by atoms with Crippen LogP contribution in [0, 0.1) is 0 Å². The summed E-state index contributed by atoms with van der Waals surface area (Å²) in [6.07, 6.45) is -1.18. The lowest BCUT2D eigenvalue weighted by atomic mass is 9.75. The summed E-state index contributed by atoms with van der Waals surface area (Å²) in [7, 11) is 1.72. The van der Waals surface area contributed by atoms with Crippen molar-refractivity contribution in [3.63, 3.8) is 0 Å². The number of rotatable bonds is 5. The third kappa shape index (κ3) is 6.46. The summed E-state index contributed by atoms with van der Waals surface area (Å²) in [4.78, 5) is 28.6. The average molecular weight is 543 g/mol. The van der Waals surface area contributed by atoms with Gasteiger partial charge in [0.1, 0.15) is 0 Å². The molecule has 0 saturated carbocycles. The van der Waals surface area contributed by atoms with Gasteiger partial charge in [0.2, 0.25) is 5.91 Å². The van der Waals surface area contributed by atoms with Crippen molar-refractivity contribution in [3.05, 3.63) is 83.7 Å². The molecule has 0 unspecified atom stereocenters. The van der Waals surface area contributed by atoms with Crippen LogP contribution in [-0.2, 0) is 37.5 Å². The van der Waals surface area contributed by atoms with Crippen LogP contribution in [0.25, 0.3) is 11.1 Å². The summed E-state index contributed by atoms with van der Waals surface area (Å²) in [5, 5.41) is 7.12. The van der Waals surface area contributed by atoms with Crippen molar-refractivity contribution in [2.24, 2.45) is 0 Å². The number of carboxylic acid groups (broad SMARTS) is 1. The lowest BCUT2D eigenvalue weighted by Gasteiger charge is -2.34. The Bertz CT molecular complexity index is 1310. The zero-order valence-corrected chi connectivity index (χ0v) is 21.4. The third-order valence-corrected chi connectivity index (χ3v) is 7.00. The number of aromatic nitrogens is 1. The third-order valence-electron chi connectivity index (χ3n) is 7.00. The van der Waals surface area contributed by atoms with Crippen LogP contribution < -0.4 is 4.90 Å². The second-order valence-electron chi connectivity index (χ2n) is 9.50. The minimum atomic E-state index is -5.08. The number of pyridine rings is 1. The molecule has 2 aromatic carbocycles. The van der Waals surface area contributed by atoms with Crippen molar-refractivity contribution >= 4 is 17.6 Å². The van der Waals surface area contributed by atoms with E-state index in [0.29, 0.717) is 19.6 Å². The molecule has 2 aliphatic heterocycles. The van der Waals surface area contributed by atoms with Gasteiger partial charge in [-0.15, -0.1) is 0 Å². The van der Waals surface area contributed by atoms with Crippen LogP contribution in [0.15, 0.2) is 66.9 Å². The molecular weight excluding hydrogens is 513 g/mol. The SMILES string of the molecule is COCc1ccccc1-c1ccc2c(c1)C1(CCOCC1)CN2C(=O)Cc1ccccn1.O=C(O)C(F)(F)F. The Balaban J connectivity index is 0.000000448. The lowest BCUT2D eigenvalue weighted by molar-refractivity contribution is -0.192. The second-order valence-corrected chi connectivity index (χ2v) is 9.50. The number of carbonyl (C=O) groups is 2. The van der Waals surface area contributed by atoms with Gasteiger partial charge in [0.05, 0.1) is 13.0 Å². The number of halogens is 3. The molecule has 0 atom stereocenters. The number of carboxylic acids is 1. The van der Waals surface area contributed by atoms with Crippen molar-refractivity contribution in [1.82, 2.24) is 4.98 Å². The fourth-order valence-corrected chi connectivity index (χ4v) is 5.09. The zero-order chi connectivity index (χ0) is 28.0. The van der Waals surface area contributed by atoms with Gasteiger partial charge in [-0.05, 0) is 59.4 Å². The molecule has 206 valence electrons. The highest BCUT2D eigenvalue weighted by Crippen LogP contribution is 2.48. The number of benzene rings is 2. The van der Waals surface area contributed by atoms with Crippen LogP contribution in [0.3, 0.4) is 0 Å². The monoisotopic (exact) mass is 542 g/mol. The maximum Gasteiger partial charge on any atom is 0.490 e. The first kappa shape index (κ1) is 28.3. The number of fused-ring (bicyclic) bond motifs is 2. The number of hydrogen-bond acceptors (Lipinski definition) is 5. The number of carbonyl (C=O) groups excluding carboxylic acids is 1. The largest absolute Gasteiger partial charge is 0.490 e. The highest BCUT2D eigenvalue weighted by molar-refractivity contribution is 5.98. The fraction of sp³-hybridized carbons (Fsp3) is 0.345. The van der Waals surface area contributed by atoms with Crippen LogP contribution in [-0.4, -0.2) is 55.0 Å². The van der Waals surface area contributed by atoms with E-state index in [-0.39, 0.29) is 11.3 Å². The quantitative estimate of drug-likeness (QED) is 0.479. The smallest absolute Gasteiger partial charge is 0.475 e. The first-order valence-corrected chi connectivity index (χ1v) is 12.4. The topological polar surface area (TPSA) is 89.0 Å². The first-order valence-electron chi connectivity index (χ1n) is 12.4. The number of anilines is 1. The lowest BCUT2D eigenvalue weighted by Crippen LogP contribution is -2.41. The van der Waals surface area contributed by atoms with E-state index >= 15 is 0 Å². The van der Waals surface area contributed by atoms with Crippen molar-refractivity contribution in [1.29, 1.82) is 0 Å². The summed E-state index contributed by atoms with van der Waals surface area (Å²) in [6, 6.07) is 20.6. The number of alkyl halides is 3. The molecule has 2 aliphatic rings. The Labute approximate surface area is 224 Å². The minimum Gasteiger partial charge on any atom is -0.475 e. The Hall–Kier alpha value is -3.76. The highest BCUT2D eigenvalue weighted by atomic mass is 19.4. The fourth-order valence-electron chi connectivity index (χ4n) is 5.09. The van der Waals surface area contributed by atoms with Crippen molar-refractivity contribution in [2.75, 3.05) is 31.8 Å². The summed E-state index contributed by atoms with van der Waals surface area (Å²) in [5.41, 5.74) is 6.55. The van der Waals surface area contributed by atoms with E-state index in [0.717, 1.165) is 43.0 Å². The van der Waals surface area contributed by atoms with E-state index < -0.39 is 12.1 Å². The van der Waals surface area contributed by atoms with E-state index in [1.165, 1.54) is 16.7 Å². The number of amides is 1. The van der Waals surface area contributed by atoms with Crippen LogP contribution in [0.4, 0.5) is 18.9 Å². The number of ether oxygens (including phenoxy) is 2. The van der Waals surface area contributed by atoms with Crippen LogP contribution in [0.5, 0.6) is 0 Å². The van der Waals surface area contributed by atoms with Gasteiger partial charge in [0, 0.05) is 49.9 Å². The number of hydrogen-bond donors (Lipinski definition) is 1. The van der Waals surface area contributed by atoms with Gasteiger partial charge < -0.3 is 19.5 Å². The second kappa shape index (κ2) is 12.0. The highest BCUT2D eigenvalue weighted by Gasteiger charge is 2.45. The van der Waals surface area contributed by atoms with Crippen molar-refractivity contribution < 1.29 is 37.3 Å². The van der Waals surface area contributed by atoms with E-state index in [1.54, 1.807) is 13.3 Å². The van der Waals surface area contributed by atoms with Gasteiger partial charge in [-0.2, -0.15) is 13.2 Å².